The molecule has 2 rings (SSSR count). The van der Waals surface area contributed by atoms with Gasteiger partial charge in [-0.15, -0.1) is 0 Å². The normalized spacial score (nSPS) is 15.1. The molecule has 0 radical (unpaired) electrons. The molecule has 0 atom stereocenters. The standard InChI is InChI=1S/C10H13NO3/c1-2-13-10(12)11-5-3-9-8(7-11)4-6-14-9/h4,6H,2-3,5,7H2,1H3. The van der Waals surface area contributed by atoms with E-state index in [2.05, 4.69) is 0 Å². The van der Waals surface area contributed by atoms with Crippen LogP contribution in [-0.4, -0.2) is 24.1 Å². The number of hydrogen-bond donors (Lipinski definition) is 0. The van der Waals surface area contributed by atoms with Gasteiger partial charge in [-0.3, -0.25) is 0 Å². The number of ether oxygens (including phenoxy) is 1. The third-order valence-corrected chi connectivity index (χ3v) is 2.33. The highest BCUT2D eigenvalue weighted by Crippen LogP contribution is 2.19. The summed E-state index contributed by atoms with van der Waals surface area (Å²) in [4.78, 5) is 13.1. The zero-order chi connectivity index (χ0) is 9.97. The monoisotopic (exact) mass is 195 g/mol. The fourth-order valence-electron chi connectivity index (χ4n) is 1.62. The van der Waals surface area contributed by atoms with Gasteiger partial charge in [-0.2, -0.15) is 0 Å². The van der Waals surface area contributed by atoms with Gasteiger partial charge in [-0.25, -0.2) is 4.79 Å². The largest absolute Gasteiger partial charge is 0.469 e. The van der Waals surface area contributed by atoms with Crippen molar-refractivity contribution in [3.8, 4) is 0 Å². The molecule has 0 saturated carbocycles. The Labute approximate surface area is 82.4 Å². The van der Waals surface area contributed by atoms with Crippen molar-refractivity contribution in [3.63, 3.8) is 0 Å². The lowest BCUT2D eigenvalue weighted by molar-refractivity contribution is 0.101. The van der Waals surface area contributed by atoms with E-state index >= 15 is 0 Å². The summed E-state index contributed by atoms with van der Waals surface area (Å²) in [7, 11) is 0. The van der Waals surface area contributed by atoms with Gasteiger partial charge in [0.05, 0.1) is 19.4 Å². The number of furan rings is 1. The van der Waals surface area contributed by atoms with E-state index < -0.39 is 0 Å². The molecule has 0 aliphatic carbocycles. The minimum atomic E-state index is -0.237. The van der Waals surface area contributed by atoms with Crippen molar-refractivity contribution >= 4 is 6.09 Å². The quantitative estimate of drug-likeness (QED) is 0.686. The smallest absolute Gasteiger partial charge is 0.410 e. The van der Waals surface area contributed by atoms with Crippen molar-refractivity contribution in [3.05, 3.63) is 23.7 Å². The molecule has 0 N–H and O–H groups in total. The maximum absolute atomic E-state index is 11.4. The predicted molar refractivity (Wildman–Crippen MR) is 49.8 cm³/mol. The van der Waals surface area contributed by atoms with Crippen LogP contribution in [0.5, 0.6) is 0 Å². The molecule has 0 unspecified atom stereocenters. The third kappa shape index (κ3) is 1.60. The van der Waals surface area contributed by atoms with Crippen molar-refractivity contribution in [2.24, 2.45) is 0 Å². The van der Waals surface area contributed by atoms with Crippen LogP contribution in [0.4, 0.5) is 4.79 Å². The van der Waals surface area contributed by atoms with Gasteiger partial charge in [0, 0.05) is 18.5 Å². The Kier molecular flexibility index (Phi) is 2.43. The van der Waals surface area contributed by atoms with E-state index in [0.29, 0.717) is 19.7 Å². The Bertz CT molecular complexity index is 332. The van der Waals surface area contributed by atoms with Gasteiger partial charge in [0.2, 0.25) is 0 Å². The topological polar surface area (TPSA) is 42.7 Å². The number of fused-ring (bicyclic) bond motifs is 1. The van der Waals surface area contributed by atoms with Crippen LogP contribution < -0.4 is 0 Å². The molecule has 0 bridgehead atoms. The Morgan fingerprint density at radius 2 is 2.57 bits per heavy atom. The number of rotatable bonds is 1. The second-order valence-electron chi connectivity index (χ2n) is 3.24. The molecule has 4 nitrogen and oxygen atoms in total. The summed E-state index contributed by atoms with van der Waals surface area (Å²) in [6, 6.07) is 1.90. The molecule has 1 aromatic heterocycles. The number of hydrogen-bond acceptors (Lipinski definition) is 3. The first-order valence-corrected chi connectivity index (χ1v) is 4.78. The van der Waals surface area contributed by atoms with Crippen molar-refractivity contribution < 1.29 is 13.9 Å². The second kappa shape index (κ2) is 3.74. The van der Waals surface area contributed by atoms with Crippen molar-refractivity contribution in [2.75, 3.05) is 13.2 Å². The molecule has 0 saturated heterocycles. The molecular formula is C10H13NO3. The average molecular weight is 195 g/mol. The van der Waals surface area contributed by atoms with Gasteiger partial charge in [0.1, 0.15) is 5.76 Å². The maximum atomic E-state index is 11.4. The van der Waals surface area contributed by atoms with Crippen LogP contribution in [0.3, 0.4) is 0 Å². The molecule has 76 valence electrons. The molecule has 0 aromatic carbocycles. The maximum Gasteiger partial charge on any atom is 0.410 e. The van der Waals surface area contributed by atoms with Gasteiger partial charge >= 0.3 is 6.09 Å². The van der Waals surface area contributed by atoms with Crippen molar-refractivity contribution in [1.82, 2.24) is 4.90 Å². The fourth-order valence-corrected chi connectivity index (χ4v) is 1.62. The van der Waals surface area contributed by atoms with E-state index in [1.54, 1.807) is 11.2 Å². The van der Waals surface area contributed by atoms with Gasteiger partial charge in [0.15, 0.2) is 0 Å². The summed E-state index contributed by atoms with van der Waals surface area (Å²) in [5.41, 5.74) is 1.09. The average Bonchev–Trinajstić information content (AvgIpc) is 2.64. The summed E-state index contributed by atoms with van der Waals surface area (Å²) in [5.74, 6) is 0.991. The highest BCUT2D eigenvalue weighted by Gasteiger charge is 2.22. The predicted octanol–water partition coefficient (Wildman–Crippen LogP) is 1.79. The van der Waals surface area contributed by atoms with E-state index in [-0.39, 0.29) is 6.09 Å². The van der Waals surface area contributed by atoms with Gasteiger partial charge in [-0.1, -0.05) is 0 Å². The minimum Gasteiger partial charge on any atom is -0.469 e. The molecule has 4 heteroatoms. The lowest BCUT2D eigenvalue weighted by atomic mass is 10.1. The van der Waals surface area contributed by atoms with Gasteiger partial charge in [-0.05, 0) is 13.0 Å². The zero-order valence-corrected chi connectivity index (χ0v) is 8.16. The molecular weight excluding hydrogens is 182 g/mol. The Morgan fingerprint density at radius 1 is 1.71 bits per heavy atom. The van der Waals surface area contributed by atoms with Crippen LogP contribution in [-0.2, 0) is 17.7 Å². The number of carbonyl (C=O) groups is 1. The minimum absolute atomic E-state index is 0.237. The van der Waals surface area contributed by atoms with Crippen LogP contribution >= 0.6 is 0 Å². The molecule has 14 heavy (non-hydrogen) atoms. The lowest BCUT2D eigenvalue weighted by Gasteiger charge is -2.25. The van der Waals surface area contributed by atoms with Crippen molar-refractivity contribution in [2.45, 2.75) is 19.9 Å². The van der Waals surface area contributed by atoms with Crippen LogP contribution in [0.15, 0.2) is 16.7 Å². The Morgan fingerprint density at radius 3 is 3.36 bits per heavy atom. The summed E-state index contributed by atoms with van der Waals surface area (Å²) in [5, 5.41) is 0. The Balaban J connectivity index is 2.04. The highest BCUT2D eigenvalue weighted by atomic mass is 16.6. The van der Waals surface area contributed by atoms with Crippen LogP contribution in [0.25, 0.3) is 0 Å². The number of nitrogens with zero attached hydrogens (tertiary/aromatic N) is 1. The second-order valence-corrected chi connectivity index (χ2v) is 3.24. The van der Waals surface area contributed by atoms with E-state index in [0.717, 1.165) is 17.7 Å². The fraction of sp³-hybridized carbons (Fsp3) is 0.500. The Hall–Kier alpha value is -1.45. The number of carbonyl (C=O) groups excluding carboxylic acids is 1. The van der Waals surface area contributed by atoms with E-state index in [1.165, 1.54) is 0 Å². The van der Waals surface area contributed by atoms with E-state index in [9.17, 15) is 4.79 Å². The van der Waals surface area contributed by atoms with E-state index in [4.69, 9.17) is 9.15 Å². The summed E-state index contributed by atoms with van der Waals surface area (Å²) < 4.78 is 10.2. The lowest BCUT2D eigenvalue weighted by Crippen LogP contribution is -2.35. The molecule has 0 spiro atoms. The van der Waals surface area contributed by atoms with Gasteiger partial charge in [0.25, 0.3) is 0 Å². The molecule has 1 aliphatic heterocycles. The van der Waals surface area contributed by atoms with Crippen LogP contribution in [0.2, 0.25) is 0 Å². The van der Waals surface area contributed by atoms with Crippen molar-refractivity contribution in [1.29, 1.82) is 0 Å². The third-order valence-electron chi connectivity index (χ3n) is 2.33. The summed E-state index contributed by atoms with van der Waals surface area (Å²) in [6.07, 6.45) is 2.21. The first-order valence-electron chi connectivity index (χ1n) is 4.78. The van der Waals surface area contributed by atoms with E-state index in [1.807, 2.05) is 13.0 Å². The molecule has 1 aliphatic rings. The molecule has 2 heterocycles. The molecule has 1 amide bonds. The zero-order valence-electron chi connectivity index (χ0n) is 8.16. The first-order chi connectivity index (χ1) is 6.81. The molecule has 1 aromatic rings. The van der Waals surface area contributed by atoms with Crippen LogP contribution in [0, 0.1) is 0 Å². The highest BCUT2D eigenvalue weighted by molar-refractivity contribution is 5.68. The summed E-state index contributed by atoms with van der Waals surface area (Å²) in [6.45, 7) is 3.52. The SMILES string of the molecule is CCOC(=O)N1CCc2occc2C1. The first kappa shape index (κ1) is 9.12. The number of amides is 1. The van der Waals surface area contributed by atoms with Crippen LogP contribution in [0.1, 0.15) is 18.2 Å². The molecule has 0 fully saturated rings. The summed E-state index contributed by atoms with van der Waals surface area (Å²) >= 11 is 0. The van der Waals surface area contributed by atoms with Gasteiger partial charge < -0.3 is 14.1 Å².